The van der Waals surface area contributed by atoms with E-state index >= 15 is 0 Å². The number of esters is 1. The molecule has 0 spiro atoms. The fraction of sp³-hybridized carbons (Fsp3) is 0.278. The third-order valence-electron chi connectivity index (χ3n) is 3.84. The fourth-order valence-corrected chi connectivity index (χ4v) is 2.93. The minimum absolute atomic E-state index is 0.134. The zero-order valence-electron chi connectivity index (χ0n) is 14.2. The molecule has 0 saturated heterocycles. The summed E-state index contributed by atoms with van der Waals surface area (Å²) in [7, 11) is 0. The number of halogens is 2. The predicted molar refractivity (Wildman–Crippen MR) is 95.9 cm³/mol. The van der Waals surface area contributed by atoms with Crippen LogP contribution in [0.5, 0.6) is 0 Å². The number of carbonyl (C=O) groups is 3. The Morgan fingerprint density at radius 3 is 2.28 bits per heavy atom. The second kappa shape index (κ2) is 7.42. The number of Topliss-reactive ketones (excluding diaryl/α,β-unsaturated/α-hetero) is 2. The molecule has 0 radical (unpaired) electrons. The van der Waals surface area contributed by atoms with E-state index in [-0.39, 0.29) is 22.1 Å². The highest BCUT2D eigenvalue weighted by Gasteiger charge is 2.26. The van der Waals surface area contributed by atoms with Crippen molar-refractivity contribution in [3.05, 3.63) is 56.3 Å². The topological polar surface area (TPSA) is 76.2 Å². The maximum Gasteiger partial charge on any atom is 0.338 e. The number of benzene rings is 1. The second-order valence-electron chi connectivity index (χ2n) is 5.72. The number of aromatic nitrogens is 1. The molecule has 5 nitrogen and oxygen atoms in total. The maximum atomic E-state index is 12.6. The largest absolute Gasteiger partial charge is 0.451 e. The molecule has 1 aromatic heterocycles. The van der Waals surface area contributed by atoms with Crippen molar-refractivity contribution >= 4 is 40.7 Å². The summed E-state index contributed by atoms with van der Waals surface area (Å²) >= 11 is 11.7. The van der Waals surface area contributed by atoms with Crippen LogP contribution < -0.4 is 0 Å². The number of aromatic amines is 1. The van der Waals surface area contributed by atoms with Crippen molar-refractivity contribution < 1.29 is 19.1 Å². The Hall–Kier alpha value is -2.11. The quantitative estimate of drug-likeness (QED) is 0.607. The molecule has 0 amide bonds. The third kappa shape index (κ3) is 3.94. The molecule has 1 aromatic carbocycles. The number of hydrogen-bond donors (Lipinski definition) is 1. The van der Waals surface area contributed by atoms with Crippen LogP contribution in [0.25, 0.3) is 0 Å². The van der Waals surface area contributed by atoms with Gasteiger partial charge in [0.05, 0.1) is 21.3 Å². The van der Waals surface area contributed by atoms with Crippen LogP contribution in [0.2, 0.25) is 10.0 Å². The monoisotopic (exact) mass is 381 g/mol. The number of hydrogen-bond acceptors (Lipinski definition) is 4. The van der Waals surface area contributed by atoms with Gasteiger partial charge in [0.2, 0.25) is 5.78 Å². The van der Waals surface area contributed by atoms with Crippen molar-refractivity contribution in [1.29, 1.82) is 0 Å². The lowest BCUT2D eigenvalue weighted by Gasteiger charge is -2.12. The molecule has 1 heterocycles. The Balaban J connectivity index is 2.20. The minimum Gasteiger partial charge on any atom is -0.451 e. The van der Waals surface area contributed by atoms with Crippen LogP contribution in [0.15, 0.2) is 18.2 Å². The molecule has 1 unspecified atom stereocenters. The molecular formula is C18H17Cl2NO4. The van der Waals surface area contributed by atoms with Crippen molar-refractivity contribution in [3.8, 4) is 0 Å². The van der Waals surface area contributed by atoms with Crippen molar-refractivity contribution in [3.63, 3.8) is 0 Å². The molecular weight excluding hydrogens is 365 g/mol. The van der Waals surface area contributed by atoms with Crippen molar-refractivity contribution in [2.24, 2.45) is 0 Å². The van der Waals surface area contributed by atoms with Gasteiger partial charge in [0.1, 0.15) is 0 Å². The Labute approximate surface area is 155 Å². The number of rotatable bonds is 5. The van der Waals surface area contributed by atoms with Gasteiger partial charge in [0.25, 0.3) is 0 Å². The number of ether oxygens (including phenoxy) is 1. The maximum absolute atomic E-state index is 12.6. The summed E-state index contributed by atoms with van der Waals surface area (Å²) in [5.41, 5.74) is 2.09. The van der Waals surface area contributed by atoms with Crippen LogP contribution in [-0.4, -0.2) is 28.6 Å². The summed E-state index contributed by atoms with van der Waals surface area (Å²) < 4.78 is 5.22. The van der Waals surface area contributed by atoms with Crippen molar-refractivity contribution in [1.82, 2.24) is 4.98 Å². The highest BCUT2D eigenvalue weighted by Crippen LogP contribution is 2.24. The van der Waals surface area contributed by atoms with Gasteiger partial charge in [-0.3, -0.25) is 9.59 Å². The predicted octanol–water partition coefficient (Wildman–Crippen LogP) is 4.57. The summed E-state index contributed by atoms with van der Waals surface area (Å²) in [5.74, 6) is -1.24. The van der Waals surface area contributed by atoms with Gasteiger partial charge in [-0.05, 0) is 51.5 Å². The van der Waals surface area contributed by atoms with E-state index in [2.05, 4.69) is 4.98 Å². The van der Waals surface area contributed by atoms with Gasteiger partial charge >= 0.3 is 5.97 Å². The highest BCUT2D eigenvalue weighted by atomic mass is 35.5. The molecule has 132 valence electrons. The molecule has 7 heteroatoms. The molecule has 0 aliphatic carbocycles. The van der Waals surface area contributed by atoms with Gasteiger partial charge in [-0.1, -0.05) is 23.2 Å². The molecule has 1 N–H and O–H groups in total. The first kappa shape index (κ1) is 19.2. The van der Waals surface area contributed by atoms with Gasteiger partial charge < -0.3 is 9.72 Å². The first-order chi connectivity index (χ1) is 11.6. The number of ketones is 2. The van der Waals surface area contributed by atoms with Gasteiger partial charge in [-0.25, -0.2) is 4.79 Å². The Kier molecular flexibility index (Phi) is 5.70. The van der Waals surface area contributed by atoms with Gasteiger partial charge in [0.15, 0.2) is 11.9 Å². The fourth-order valence-electron chi connectivity index (χ4n) is 2.63. The summed E-state index contributed by atoms with van der Waals surface area (Å²) in [5, 5.41) is 0.536. The number of aryl methyl sites for hydroxylation is 1. The van der Waals surface area contributed by atoms with Crippen molar-refractivity contribution in [2.45, 2.75) is 33.8 Å². The van der Waals surface area contributed by atoms with Crippen molar-refractivity contribution in [2.75, 3.05) is 0 Å². The molecule has 0 aliphatic rings. The van der Waals surface area contributed by atoms with Crippen LogP contribution in [0.3, 0.4) is 0 Å². The van der Waals surface area contributed by atoms with E-state index in [1.807, 2.05) is 0 Å². The molecule has 0 saturated carbocycles. The summed E-state index contributed by atoms with van der Waals surface area (Å²) in [6, 6.07) is 4.32. The van der Waals surface area contributed by atoms with Crippen LogP contribution in [0, 0.1) is 13.8 Å². The zero-order chi connectivity index (χ0) is 18.9. The van der Waals surface area contributed by atoms with E-state index in [0.717, 1.165) is 0 Å². The van der Waals surface area contributed by atoms with Crippen LogP contribution in [-0.2, 0) is 4.74 Å². The smallest absolute Gasteiger partial charge is 0.338 e. The van der Waals surface area contributed by atoms with Gasteiger partial charge in [0, 0.05) is 11.3 Å². The Morgan fingerprint density at radius 1 is 1.12 bits per heavy atom. The average molecular weight is 382 g/mol. The van der Waals surface area contributed by atoms with Crippen LogP contribution >= 0.6 is 23.2 Å². The Bertz CT molecular complexity index is 870. The van der Waals surface area contributed by atoms with Gasteiger partial charge in [-0.15, -0.1) is 0 Å². The summed E-state index contributed by atoms with van der Waals surface area (Å²) in [6.07, 6.45) is -1.03. The normalized spacial score (nSPS) is 11.9. The minimum atomic E-state index is -1.03. The Morgan fingerprint density at radius 2 is 1.76 bits per heavy atom. The van der Waals surface area contributed by atoms with Crippen LogP contribution in [0.1, 0.15) is 56.3 Å². The van der Waals surface area contributed by atoms with E-state index in [1.54, 1.807) is 13.8 Å². The van der Waals surface area contributed by atoms with E-state index in [9.17, 15) is 14.4 Å². The first-order valence-corrected chi connectivity index (χ1v) is 8.29. The summed E-state index contributed by atoms with van der Waals surface area (Å²) in [6.45, 7) is 6.31. The lowest BCUT2D eigenvalue weighted by atomic mass is 10.0. The molecule has 2 rings (SSSR count). The van der Waals surface area contributed by atoms with E-state index < -0.39 is 17.9 Å². The lowest BCUT2D eigenvalue weighted by molar-refractivity contribution is 0.0317. The van der Waals surface area contributed by atoms with Gasteiger partial charge in [-0.2, -0.15) is 0 Å². The van der Waals surface area contributed by atoms with E-state index in [1.165, 1.54) is 32.0 Å². The third-order valence-corrected chi connectivity index (χ3v) is 4.58. The molecule has 25 heavy (non-hydrogen) atoms. The van der Waals surface area contributed by atoms with E-state index in [0.29, 0.717) is 21.8 Å². The van der Waals surface area contributed by atoms with Crippen LogP contribution in [0.4, 0.5) is 0 Å². The molecule has 1 atom stereocenters. The lowest BCUT2D eigenvalue weighted by Crippen LogP contribution is -2.25. The van der Waals surface area contributed by atoms with E-state index in [4.69, 9.17) is 27.9 Å². The molecule has 2 aromatic rings. The second-order valence-corrected chi connectivity index (χ2v) is 6.54. The summed E-state index contributed by atoms with van der Waals surface area (Å²) in [4.78, 5) is 39.3. The number of nitrogens with one attached hydrogen (secondary N) is 1. The number of H-pyrrole nitrogens is 1. The SMILES string of the molecule is CC(=O)c1c(C)[nH]c(C(=O)C(C)OC(=O)c2ccc(Cl)c(Cl)c2)c1C. The first-order valence-electron chi connectivity index (χ1n) is 7.53. The molecule has 0 bridgehead atoms. The highest BCUT2D eigenvalue weighted by molar-refractivity contribution is 6.42. The molecule has 0 fully saturated rings. The number of carbonyl (C=O) groups excluding carboxylic acids is 3. The molecule has 0 aliphatic heterocycles. The standard InChI is InChI=1S/C18H17Cl2NO4/c1-8-15(10(3)22)9(2)21-16(8)17(23)11(4)25-18(24)12-5-6-13(19)14(20)7-12/h5-7,11,21H,1-4H3. The zero-order valence-corrected chi connectivity index (χ0v) is 15.7. The average Bonchev–Trinajstić information content (AvgIpc) is 2.83.